The van der Waals surface area contributed by atoms with Crippen LogP contribution in [0, 0.1) is 10.7 Å². The summed E-state index contributed by atoms with van der Waals surface area (Å²) in [5.74, 6) is 2.29. The minimum Gasteiger partial charge on any atom is -0.497 e. The van der Waals surface area contributed by atoms with E-state index in [1.54, 1.807) is 11.7 Å². The molecule has 2 heterocycles. The number of benzene rings is 1. The number of hydrogen-bond acceptors (Lipinski definition) is 5. The van der Waals surface area contributed by atoms with Gasteiger partial charge in [-0.1, -0.05) is 32.1 Å². The third-order valence-electron chi connectivity index (χ3n) is 6.88. The number of amides is 2. The Labute approximate surface area is 199 Å². The van der Waals surface area contributed by atoms with Crippen LogP contribution in [0.5, 0.6) is 5.75 Å². The zero-order chi connectivity index (χ0) is 23.2. The molecule has 1 saturated carbocycles. The normalized spacial score (nSPS) is 17.2. The molecular weight excluding hydrogens is 438 g/mol. The van der Waals surface area contributed by atoms with Crippen molar-refractivity contribution in [3.05, 3.63) is 29.0 Å². The summed E-state index contributed by atoms with van der Waals surface area (Å²) in [7, 11) is 1.62. The molecule has 8 nitrogen and oxygen atoms in total. The number of ether oxygens (including phenoxy) is 1. The number of hydrogen-bond donors (Lipinski definition) is 1. The van der Waals surface area contributed by atoms with Gasteiger partial charge in [-0.3, -0.25) is 19.3 Å². The van der Waals surface area contributed by atoms with Crippen LogP contribution < -0.4 is 4.74 Å². The summed E-state index contributed by atoms with van der Waals surface area (Å²) in [5.41, 5.74) is 0.851. The van der Waals surface area contributed by atoms with Gasteiger partial charge in [0.2, 0.25) is 11.8 Å². The molecule has 1 aliphatic heterocycles. The highest BCUT2D eigenvalue weighted by Crippen LogP contribution is 2.27. The minimum absolute atomic E-state index is 0.0171. The predicted octanol–water partition coefficient (Wildman–Crippen LogP) is 3.65. The fourth-order valence-electron chi connectivity index (χ4n) is 4.83. The lowest BCUT2D eigenvalue weighted by molar-refractivity contribution is -0.140. The predicted molar refractivity (Wildman–Crippen MR) is 128 cm³/mol. The lowest BCUT2D eigenvalue weighted by atomic mass is 9.86. The number of piperazine rings is 1. The molecule has 0 bridgehead atoms. The van der Waals surface area contributed by atoms with Crippen molar-refractivity contribution in [1.29, 1.82) is 0 Å². The van der Waals surface area contributed by atoms with Crippen molar-refractivity contribution in [2.75, 3.05) is 33.3 Å². The summed E-state index contributed by atoms with van der Waals surface area (Å²) < 4.78 is 7.34. The monoisotopic (exact) mass is 471 g/mol. The first-order chi connectivity index (χ1) is 16.0. The van der Waals surface area contributed by atoms with Crippen LogP contribution in [0.2, 0.25) is 0 Å². The van der Waals surface area contributed by atoms with Gasteiger partial charge in [-0.15, -0.1) is 0 Å². The molecule has 33 heavy (non-hydrogen) atoms. The number of methoxy groups -OCH3 is 1. The average molecular weight is 472 g/mol. The molecule has 1 aromatic carbocycles. The van der Waals surface area contributed by atoms with Crippen LogP contribution in [-0.4, -0.2) is 69.7 Å². The Kier molecular flexibility index (Phi) is 7.80. The Balaban J connectivity index is 1.30. The van der Waals surface area contributed by atoms with Gasteiger partial charge in [-0.05, 0) is 48.8 Å². The van der Waals surface area contributed by atoms with Gasteiger partial charge in [-0.2, -0.15) is 5.10 Å². The highest BCUT2D eigenvalue weighted by molar-refractivity contribution is 7.71. The maximum absolute atomic E-state index is 13.0. The van der Waals surface area contributed by atoms with Crippen molar-refractivity contribution >= 4 is 24.0 Å². The van der Waals surface area contributed by atoms with Gasteiger partial charge in [0.15, 0.2) is 10.6 Å². The van der Waals surface area contributed by atoms with Crippen LogP contribution in [0.25, 0.3) is 11.4 Å². The number of carbonyl (C=O) groups is 2. The van der Waals surface area contributed by atoms with E-state index in [1.807, 2.05) is 34.1 Å². The quantitative estimate of drug-likeness (QED) is 0.624. The van der Waals surface area contributed by atoms with E-state index in [0.717, 1.165) is 17.7 Å². The first kappa shape index (κ1) is 23.5. The van der Waals surface area contributed by atoms with Gasteiger partial charge in [0, 0.05) is 38.2 Å². The molecule has 1 saturated heterocycles. The summed E-state index contributed by atoms with van der Waals surface area (Å²) in [4.78, 5) is 29.4. The first-order valence-electron chi connectivity index (χ1n) is 11.9. The van der Waals surface area contributed by atoms with Crippen LogP contribution in [-0.2, 0) is 16.1 Å². The van der Waals surface area contributed by atoms with Gasteiger partial charge in [0.1, 0.15) is 12.3 Å². The zero-order valence-electron chi connectivity index (χ0n) is 19.3. The molecule has 178 valence electrons. The molecule has 1 N–H and O–H groups in total. The van der Waals surface area contributed by atoms with Crippen molar-refractivity contribution in [1.82, 2.24) is 24.6 Å². The van der Waals surface area contributed by atoms with E-state index in [-0.39, 0.29) is 18.4 Å². The standard InChI is InChI=1S/C24H33N5O3S/c1-32-20-10-8-19(9-11-20)23-25-26-24(33)29(23)17-22(31)28-15-13-27(14-16-28)21(30)12-7-18-5-3-2-4-6-18/h8-11,18H,2-7,12-17H2,1H3,(H,26,33). The first-order valence-corrected chi connectivity index (χ1v) is 12.3. The maximum Gasteiger partial charge on any atom is 0.242 e. The van der Waals surface area contributed by atoms with Crippen LogP contribution >= 0.6 is 12.2 Å². The number of aromatic amines is 1. The highest BCUT2D eigenvalue weighted by atomic mass is 32.1. The molecule has 2 aliphatic rings. The molecule has 0 unspecified atom stereocenters. The zero-order valence-corrected chi connectivity index (χ0v) is 20.1. The van der Waals surface area contributed by atoms with Gasteiger partial charge in [-0.25, -0.2) is 0 Å². The molecule has 0 spiro atoms. The second kappa shape index (κ2) is 11.0. The number of nitrogens with zero attached hydrogens (tertiary/aromatic N) is 4. The van der Waals surface area contributed by atoms with Crippen LogP contribution in [0.1, 0.15) is 44.9 Å². The molecule has 9 heteroatoms. The van der Waals surface area contributed by atoms with Crippen molar-refractivity contribution < 1.29 is 14.3 Å². The van der Waals surface area contributed by atoms with Crippen LogP contribution in [0.3, 0.4) is 0 Å². The summed E-state index contributed by atoms with van der Waals surface area (Å²) in [6, 6.07) is 7.48. The summed E-state index contributed by atoms with van der Waals surface area (Å²) >= 11 is 5.37. The van der Waals surface area contributed by atoms with E-state index in [2.05, 4.69) is 10.2 Å². The van der Waals surface area contributed by atoms with E-state index in [1.165, 1.54) is 32.1 Å². The Morgan fingerprint density at radius 1 is 1.03 bits per heavy atom. The summed E-state index contributed by atoms with van der Waals surface area (Å²) in [6.07, 6.45) is 8.13. The Morgan fingerprint density at radius 3 is 2.30 bits per heavy atom. The topological polar surface area (TPSA) is 83.5 Å². The number of rotatable bonds is 7. The molecule has 0 atom stereocenters. The van der Waals surface area contributed by atoms with E-state index < -0.39 is 0 Å². The SMILES string of the molecule is COc1ccc(-c2n[nH]c(=S)n2CC(=O)N2CCN(C(=O)CCC3CCCCC3)CC2)cc1. The average Bonchev–Trinajstić information content (AvgIpc) is 3.23. The third-order valence-corrected chi connectivity index (χ3v) is 7.19. The maximum atomic E-state index is 13.0. The van der Waals surface area contributed by atoms with Gasteiger partial charge in [0.25, 0.3) is 0 Å². The number of H-pyrrole nitrogens is 1. The molecule has 2 amide bonds. The molecule has 1 aromatic heterocycles. The smallest absolute Gasteiger partial charge is 0.242 e. The molecule has 2 aromatic rings. The lowest BCUT2D eigenvalue weighted by Gasteiger charge is -2.35. The van der Waals surface area contributed by atoms with Gasteiger partial charge < -0.3 is 14.5 Å². The highest BCUT2D eigenvalue weighted by Gasteiger charge is 2.26. The second-order valence-electron chi connectivity index (χ2n) is 8.97. The fourth-order valence-corrected chi connectivity index (χ4v) is 5.02. The molecule has 1 aliphatic carbocycles. The van der Waals surface area contributed by atoms with Crippen molar-refractivity contribution in [2.45, 2.75) is 51.5 Å². The largest absolute Gasteiger partial charge is 0.497 e. The fraction of sp³-hybridized carbons (Fsp3) is 0.583. The van der Waals surface area contributed by atoms with Crippen LogP contribution in [0.4, 0.5) is 0 Å². The van der Waals surface area contributed by atoms with Crippen molar-refractivity contribution in [3.8, 4) is 17.1 Å². The van der Waals surface area contributed by atoms with Crippen molar-refractivity contribution in [3.63, 3.8) is 0 Å². The summed E-state index contributed by atoms with van der Waals surface area (Å²) in [5, 5.41) is 7.11. The van der Waals surface area contributed by atoms with E-state index in [4.69, 9.17) is 17.0 Å². The van der Waals surface area contributed by atoms with E-state index in [0.29, 0.717) is 49.1 Å². The number of aromatic nitrogens is 3. The second-order valence-corrected chi connectivity index (χ2v) is 9.36. The Hall–Kier alpha value is -2.68. The third kappa shape index (κ3) is 5.82. The van der Waals surface area contributed by atoms with Crippen LogP contribution in [0.15, 0.2) is 24.3 Å². The minimum atomic E-state index is -0.0171. The van der Waals surface area contributed by atoms with Gasteiger partial charge >= 0.3 is 0 Å². The van der Waals surface area contributed by atoms with E-state index in [9.17, 15) is 9.59 Å². The van der Waals surface area contributed by atoms with E-state index >= 15 is 0 Å². The van der Waals surface area contributed by atoms with Crippen molar-refractivity contribution in [2.24, 2.45) is 5.92 Å². The molecule has 2 fully saturated rings. The molecular formula is C24H33N5O3S. The Morgan fingerprint density at radius 2 is 1.67 bits per heavy atom. The van der Waals surface area contributed by atoms with Gasteiger partial charge in [0.05, 0.1) is 7.11 Å². The number of carbonyl (C=O) groups excluding carboxylic acids is 2. The Bertz CT molecular complexity index is 1000. The molecule has 4 rings (SSSR count). The lowest BCUT2D eigenvalue weighted by Crippen LogP contribution is -2.51. The number of nitrogens with one attached hydrogen (secondary N) is 1. The summed E-state index contributed by atoms with van der Waals surface area (Å²) in [6.45, 7) is 2.41. The molecule has 0 radical (unpaired) electrons.